The Morgan fingerprint density at radius 1 is 1.04 bits per heavy atom. The van der Waals surface area contributed by atoms with E-state index in [2.05, 4.69) is 34.1 Å². The average molecular weight is 323 g/mol. The maximum Gasteiger partial charge on any atom is 0.254 e. The van der Waals surface area contributed by atoms with E-state index in [1.165, 1.54) is 5.56 Å². The fraction of sp³-hybridized carbons (Fsp3) is 0.368. The van der Waals surface area contributed by atoms with E-state index in [9.17, 15) is 4.79 Å². The standard InChI is InChI=1S/C19H21N3O2/c23-19(16-6-8-20-9-7-16)21-10-11-22-17(12-21)13-24-14-18(22)15-4-2-1-3-5-15/h1-9,17-18H,10-14H2/t17-,18-/m1/s1. The topological polar surface area (TPSA) is 45.7 Å². The molecule has 2 aliphatic rings. The van der Waals surface area contributed by atoms with Crippen LogP contribution in [0.15, 0.2) is 54.9 Å². The molecule has 2 fully saturated rings. The van der Waals surface area contributed by atoms with Gasteiger partial charge < -0.3 is 9.64 Å². The summed E-state index contributed by atoms with van der Waals surface area (Å²) in [6.45, 7) is 3.75. The molecular weight excluding hydrogens is 302 g/mol. The lowest BCUT2D eigenvalue weighted by Crippen LogP contribution is -2.60. The zero-order chi connectivity index (χ0) is 16.4. The summed E-state index contributed by atoms with van der Waals surface area (Å²) in [5, 5.41) is 0. The molecule has 124 valence electrons. The Morgan fingerprint density at radius 2 is 1.83 bits per heavy atom. The lowest BCUT2D eigenvalue weighted by atomic mass is 10.00. The van der Waals surface area contributed by atoms with Crippen molar-refractivity contribution >= 4 is 5.91 Å². The Balaban J connectivity index is 1.49. The van der Waals surface area contributed by atoms with Gasteiger partial charge in [0.15, 0.2) is 0 Å². The van der Waals surface area contributed by atoms with Crippen LogP contribution in [-0.2, 0) is 4.74 Å². The Kier molecular flexibility index (Phi) is 4.28. The largest absolute Gasteiger partial charge is 0.378 e. The molecule has 1 aromatic carbocycles. The maximum atomic E-state index is 12.7. The highest BCUT2D eigenvalue weighted by Gasteiger charge is 2.37. The van der Waals surface area contributed by atoms with Gasteiger partial charge in [-0.05, 0) is 17.7 Å². The second kappa shape index (κ2) is 6.71. The van der Waals surface area contributed by atoms with E-state index in [0.717, 1.165) is 19.7 Å². The molecular formula is C19H21N3O2. The number of carbonyl (C=O) groups excluding carboxylic acids is 1. The van der Waals surface area contributed by atoms with E-state index in [-0.39, 0.29) is 18.0 Å². The van der Waals surface area contributed by atoms with Gasteiger partial charge in [0.05, 0.1) is 25.3 Å². The van der Waals surface area contributed by atoms with Crippen LogP contribution in [0.1, 0.15) is 22.0 Å². The Morgan fingerprint density at radius 3 is 2.62 bits per heavy atom. The predicted molar refractivity (Wildman–Crippen MR) is 90.6 cm³/mol. The number of hydrogen-bond donors (Lipinski definition) is 0. The van der Waals surface area contributed by atoms with Crippen LogP contribution in [-0.4, -0.2) is 59.6 Å². The van der Waals surface area contributed by atoms with Crippen molar-refractivity contribution in [2.45, 2.75) is 12.1 Å². The molecule has 0 spiro atoms. The van der Waals surface area contributed by atoms with Crippen molar-refractivity contribution in [3.05, 3.63) is 66.0 Å². The van der Waals surface area contributed by atoms with Crippen molar-refractivity contribution in [2.24, 2.45) is 0 Å². The smallest absolute Gasteiger partial charge is 0.254 e. The summed E-state index contributed by atoms with van der Waals surface area (Å²) >= 11 is 0. The van der Waals surface area contributed by atoms with Crippen LogP contribution in [0.5, 0.6) is 0 Å². The number of fused-ring (bicyclic) bond motifs is 1. The van der Waals surface area contributed by atoms with E-state index in [1.54, 1.807) is 24.5 Å². The normalized spacial score (nSPS) is 24.4. The number of piperazine rings is 1. The van der Waals surface area contributed by atoms with Crippen LogP contribution in [0.4, 0.5) is 0 Å². The monoisotopic (exact) mass is 323 g/mol. The molecule has 0 saturated carbocycles. The van der Waals surface area contributed by atoms with Gasteiger partial charge in [0.2, 0.25) is 0 Å². The van der Waals surface area contributed by atoms with Gasteiger partial charge in [-0.3, -0.25) is 14.7 Å². The summed E-state index contributed by atoms with van der Waals surface area (Å²) in [5.41, 5.74) is 1.99. The van der Waals surface area contributed by atoms with E-state index < -0.39 is 0 Å². The number of nitrogens with zero attached hydrogens (tertiary/aromatic N) is 3. The second-order valence-electron chi connectivity index (χ2n) is 6.34. The van der Waals surface area contributed by atoms with E-state index >= 15 is 0 Å². The molecule has 2 saturated heterocycles. The summed E-state index contributed by atoms with van der Waals surface area (Å²) in [7, 11) is 0. The van der Waals surface area contributed by atoms with Crippen molar-refractivity contribution in [2.75, 3.05) is 32.8 Å². The van der Waals surface area contributed by atoms with Gasteiger partial charge in [-0.25, -0.2) is 0 Å². The summed E-state index contributed by atoms with van der Waals surface area (Å²) in [4.78, 5) is 21.1. The number of ether oxygens (including phenoxy) is 1. The van der Waals surface area contributed by atoms with Crippen molar-refractivity contribution in [1.29, 1.82) is 0 Å². The molecule has 1 amide bonds. The third kappa shape index (κ3) is 2.92. The minimum atomic E-state index is 0.0823. The number of hydrogen-bond acceptors (Lipinski definition) is 4. The third-order valence-electron chi connectivity index (χ3n) is 4.91. The highest BCUT2D eigenvalue weighted by atomic mass is 16.5. The highest BCUT2D eigenvalue weighted by molar-refractivity contribution is 5.94. The third-order valence-corrected chi connectivity index (χ3v) is 4.91. The molecule has 0 aliphatic carbocycles. The van der Waals surface area contributed by atoms with E-state index in [4.69, 9.17) is 4.74 Å². The first-order valence-corrected chi connectivity index (χ1v) is 8.40. The lowest BCUT2D eigenvalue weighted by Gasteiger charge is -2.48. The first kappa shape index (κ1) is 15.3. The summed E-state index contributed by atoms with van der Waals surface area (Å²) < 4.78 is 5.85. The van der Waals surface area contributed by atoms with Crippen LogP contribution in [0.25, 0.3) is 0 Å². The Bertz CT molecular complexity index is 692. The summed E-state index contributed by atoms with van der Waals surface area (Å²) in [6.07, 6.45) is 3.33. The molecule has 0 N–H and O–H groups in total. The fourth-order valence-corrected chi connectivity index (χ4v) is 3.66. The van der Waals surface area contributed by atoms with Gasteiger partial charge >= 0.3 is 0 Å². The van der Waals surface area contributed by atoms with E-state index in [1.807, 2.05) is 11.0 Å². The maximum absolute atomic E-state index is 12.7. The van der Waals surface area contributed by atoms with Crippen LogP contribution in [0, 0.1) is 0 Å². The van der Waals surface area contributed by atoms with Gasteiger partial charge in [-0.2, -0.15) is 0 Å². The van der Waals surface area contributed by atoms with Crippen molar-refractivity contribution in [1.82, 2.24) is 14.8 Å². The minimum Gasteiger partial charge on any atom is -0.378 e. The number of morpholine rings is 1. The molecule has 2 aliphatic heterocycles. The summed E-state index contributed by atoms with van der Waals surface area (Å²) in [5.74, 6) is 0.0823. The number of benzene rings is 1. The van der Waals surface area contributed by atoms with Gasteiger partial charge in [-0.15, -0.1) is 0 Å². The second-order valence-corrected chi connectivity index (χ2v) is 6.34. The Labute approximate surface area is 141 Å². The van der Waals surface area contributed by atoms with Crippen LogP contribution in [0.2, 0.25) is 0 Å². The molecule has 2 atom stereocenters. The van der Waals surface area contributed by atoms with Crippen molar-refractivity contribution in [3.8, 4) is 0 Å². The molecule has 2 aromatic rings. The fourth-order valence-electron chi connectivity index (χ4n) is 3.66. The molecule has 3 heterocycles. The Hall–Kier alpha value is -2.24. The van der Waals surface area contributed by atoms with Gasteiger partial charge in [0, 0.05) is 37.6 Å². The average Bonchev–Trinajstić information content (AvgIpc) is 2.68. The number of aromatic nitrogens is 1. The first-order chi connectivity index (χ1) is 11.8. The van der Waals surface area contributed by atoms with Crippen LogP contribution in [0.3, 0.4) is 0 Å². The van der Waals surface area contributed by atoms with Crippen molar-refractivity contribution < 1.29 is 9.53 Å². The molecule has 4 rings (SSSR count). The molecule has 0 bridgehead atoms. The zero-order valence-electron chi connectivity index (χ0n) is 13.5. The molecule has 0 radical (unpaired) electrons. The predicted octanol–water partition coefficient (Wildman–Crippen LogP) is 1.98. The van der Waals surface area contributed by atoms with Crippen LogP contribution < -0.4 is 0 Å². The van der Waals surface area contributed by atoms with Gasteiger partial charge in [0.25, 0.3) is 5.91 Å². The van der Waals surface area contributed by atoms with E-state index in [0.29, 0.717) is 18.7 Å². The highest BCUT2D eigenvalue weighted by Crippen LogP contribution is 2.29. The SMILES string of the molecule is O=C(c1ccncc1)N1CCN2[C@@H](COC[C@@H]2c2ccccc2)C1. The number of carbonyl (C=O) groups is 1. The van der Waals surface area contributed by atoms with Gasteiger partial charge in [0.1, 0.15) is 0 Å². The first-order valence-electron chi connectivity index (χ1n) is 8.40. The number of rotatable bonds is 2. The minimum absolute atomic E-state index is 0.0823. The molecule has 24 heavy (non-hydrogen) atoms. The molecule has 5 heteroatoms. The molecule has 0 unspecified atom stereocenters. The van der Waals surface area contributed by atoms with Gasteiger partial charge in [-0.1, -0.05) is 30.3 Å². The summed E-state index contributed by atoms with van der Waals surface area (Å²) in [6, 6.07) is 14.6. The quantitative estimate of drug-likeness (QED) is 0.848. The molecule has 1 aromatic heterocycles. The lowest BCUT2D eigenvalue weighted by molar-refractivity contribution is -0.0770. The van der Waals surface area contributed by atoms with Crippen molar-refractivity contribution in [3.63, 3.8) is 0 Å². The zero-order valence-corrected chi connectivity index (χ0v) is 13.5. The number of pyridine rings is 1. The molecule has 5 nitrogen and oxygen atoms in total. The van der Waals surface area contributed by atoms with Crippen LogP contribution >= 0.6 is 0 Å². The number of amides is 1.